The minimum Gasteiger partial charge on any atom is -0.495 e. The zero-order valence-electron chi connectivity index (χ0n) is 16.2. The van der Waals surface area contributed by atoms with Crippen LogP contribution in [-0.4, -0.2) is 29.3 Å². The third-order valence-corrected chi connectivity index (χ3v) is 4.79. The van der Waals surface area contributed by atoms with Gasteiger partial charge in [-0.25, -0.2) is 4.79 Å². The molecule has 3 rings (SSSR count). The van der Waals surface area contributed by atoms with E-state index in [9.17, 15) is 14.4 Å². The van der Waals surface area contributed by atoms with E-state index in [0.29, 0.717) is 34.6 Å². The molecular formula is C20H20ClN3O5. The highest BCUT2D eigenvalue weighted by molar-refractivity contribution is 6.32. The molecule has 0 bridgehead atoms. The second-order valence-electron chi connectivity index (χ2n) is 6.17. The summed E-state index contributed by atoms with van der Waals surface area (Å²) in [5.41, 5.74) is -0.241. The number of fused-ring (bicyclic) bond motifs is 1. The molecule has 1 N–H and O–H groups in total. The fourth-order valence-electron chi connectivity index (χ4n) is 3.11. The van der Waals surface area contributed by atoms with Crippen molar-refractivity contribution < 1.29 is 14.3 Å². The Labute approximate surface area is 171 Å². The third kappa shape index (κ3) is 3.84. The van der Waals surface area contributed by atoms with Crippen LogP contribution >= 0.6 is 11.6 Å². The first kappa shape index (κ1) is 20.5. The Balaban J connectivity index is 1.98. The number of ether oxygens (including phenoxy) is 2. The van der Waals surface area contributed by atoms with Crippen molar-refractivity contribution in [3.8, 4) is 11.5 Å². The minimum absolute atomic E-state index is 0.278. The van der Waals surface area contributed by atoms with E-state index in [1.165, 1.54) is 30.9 Å². The first-order valence-corrected chi connectivity index (χ1v) is 9.22. The van der Waals surface area contributed by atoms with Gasteiger partial charge in [0.1, 0.15) is 18.0 Å². The van der Waals surface area contributed by atoms with Crippen LogP contribution in [0.5, 0.6) is 11.5 Å². The molecule has 0 spiro atoms. The fourth-order valence-corrected chi connectivity index (χ4v) is 3.35. The number of carbonyl (C=O) groups excluding carboxylic acids is 1. The van der Waals surface area contributed by atoms with Gasteiger partial charge in [0, 0.05) is 12.6 Å². The van der Waals surface area contributed by atoms with Crippen LogP contribution in [0.1, 0.15) is 6.92 Å². The lowest BCUT2D eigenvalue weighted by Crippen LogP contribution is -2.42. The van der Waals surface area contributed by atoms with Gasteiger partial charge in [-0.3, -0.25) is 18.7 Å². The maximum atomic E-state index is 12.8. The van der Waals surface area contributed by atoms with Crippen molar-refractivity contribution in [1.82, 2.24) is 9.13 Å². The summed E-state index contributed by atoms with van der Waals surface area (Å²) in [4.78, 5) is 38.1. The molecule has 1 amide bonds. The summed E-state index contributed by atoms with van der Waals surface area (Å²) < 4.78 is 12.7. The molecule has 29 heavy (non-hydrogen) atoms. The maximum absolute atomic E-state index is 12.8. The summed E-state index contributed by atoms with van der Waals surface area (Å²) in [6.45, 7) is 1.71. The third-order valence-electron chi connectivity index (χ3n) is 4.50. The van der Waals surface area contributed by atoms with Crippen LogP contribution in [0.15, 0.2) is 46.0 Å². The molecule has 0 radical (unpaired) electrons. The highest BCUT2D eigenvalue weighted by Gasteiger charge is 2.17. The van der Waals surface area contributed by atoms with Gasteiger partial charge in [0.15, 0.2) is 0 Å². The SMILES string of the molecule is CCn1c(=O)n(CC(=O)Nc2cc(Cl)c(OC)cc2OC)c(=O)c2ccccc21. The number of halogens is 1. The molecule has 0 unspecified atom stereocenters. The number of nitrogens with one attached hydrogen (secondary N) is 1. The largest absolute Gasteiger partial charge is 0.495 e. The topological polar surface area (TPSA) is 91.6 Å². The summed E-state index contributed by atoms with van der Waals surface area (Å²) in [6, 6.07) is 9.81. The summed E-state index contributed by atoms with van der Waals surface area (Å²) >= 11 is 6.12. The molecule has 1 aromatic heterocycles. The van der Waals surface area contributed by atoms with Crippen LogP contribution in [0.25, 0.3) is 10.9 Å². The summed E-state index contributed by atoms with van der Waals surface area (Å²) in [7, 11) is 2.90. The standard InChI is InChI=1S/C20H20ClN3O5/c1-4-23-15-8-6-5-7-12(15)19(26)24(20(23)27)11-18(25)22-14-9-13(21)16(28-2)10-17(14)29-3/h5-10H,4,11H2,1-3H3,(H,22,25). The van der Waals surface area contributed by atoms with Gasteiger partial charge in [-0.1, -0.05) is 23.7 Å². The lowest BCUT2D eigenvalue weighted by atomic mass is 10.2. The number of anilines is 1. The number of methoxy groups -OCH3 is 2. The molecule has 9 heteroatoms. The quantitative estimate of drug-likeness (QED) is 0.665. The number of benzene rings is 2. The van der Waals surface area contributed by atoms with E-state index in [4.69, 9.17) is 21.1 Å². The molecule has 2 aromatic carbocycles. The number of aromatic nitrogens is 2. The van der Waals surface area contributed by atoms with Crippen molar-refractivity contribution >= 4 is 34.1 Å². The van der Waals surface area contributed by atoms with Crippen LogP contribution in [0, 0.1) is 0 Å². The van der Waals surface area contributed by atoms with Gasteiger partial charge in [0.2, 0.25) is 5.91 Å². The molecule has 3 aromatic rings. The van der Waals surface area contributed by atoms with E-state index >= 15 is 0 Å². The molecule has 0 aliphatic rings. The van der Waals surface area contributed by atoms with Gasteiger partial charge in [0.25, 0.3) is 5.56 Å². The number of carbonyl (C=O) groups is 1. The Bertz CT molecular complexity index is 1200. The maximum Gasteiger partial charge on any atom is 0.331 e. The molecule has 0 saturated heterocycles. The Morgan fingerprint density at radius 1 is 1.07 bits per heavy atom. The number of hydrogen-bond acceptors (Lipinski definition) is 5. The number of nitrogens with zero attached hydrogens (tertiary/aromatic N) is 2. The summed E-state index contributed by atoms with van der Waals surface area (Å²) in [5, 5.41) is 3.28. The van der Waals surface area contributed by atoms with Crippen LogP contribution < -0.4 is 26.0 Å². The summed E-state index contributed by atoms with van der Waals surface area (Å²) in [5.74, 6) is 0.149. The second kappa shape index (κ2) is 8.40. The van der Waals surface area contributed by atoms with Crippen LogP contribution in [-0.2, 0) is 17.9 Å². The van der Waals surface area contributed by atoms with Gasteiger partial charge in [-0.2, -0.15) is 0 Å². The average Bonchev–Trinajstić information content (AvgIpc) is 2.72. The second-order valence-corrected chi connectivity index (χ2v) is 6.58. The highest BCUT2D eigenvalue weighted by atomic mass is 35.5. The minimum atomic E-state index is -0.568. The van der Waals surface area contributed by atoms with Crippen molar-refractivity contribution in [3.63, 3.8) is 0 Å². The van der Waals surface area contributed by atoms with Crippen LogP contribution in [0.2, 0.25) is 5.02 Å². The molecule has 8 nitrogen and oxygen atoms in total. The summed E-state index contributed by atoms with van der Waals surface area (Å²) in [6.07, 6.45) is 0. The van der Waals surface area contributed by atoms with Crippen molar-refractivity contribution in [3.05, 3.63) is 62.3 Å². The molecule has 0 fully saturated rings. The van der Waals surface area contributed by atoms with Crippen molar-refractivity contribution in [2.45, 2.75) is 20.0 Å². The number of aryl methyl sites for hydroxylation is 1. The van der Waals surface area contributed by atoms with Gasteiger partial charge in [-0.15, -0.1) is 0 Å². The molecule has 0 aliphatic carbocycles. The van der Waals surface area contributed by atoms with E-state index in [-0.39, 0.29) is 5.02 Å². The molecule has 152 valence electrons. The van der Waals surface area contributed by atoms with Gasteiger partial charge >= 0.3 is 5.69 Å². The first-order chi connectivity index (χ1) is 13.9. The van der Waals surface area contributed by atoms with E-state index in [2.05, 4.69) is 5.32 Å². The van der Waals surface area contributed by atoms with Gasteiger partial charge < -0.3 is 14.8 Å². The Hall–Kier alpha value is -3.26. The van der Waals surface area contributed by atoms with Gasteiger partial charge in [0.05, 0.1) is 35.8 Å². The predicted molar refractivity (Wildman–Crippen MR) is 111 cm³/mol. The smallest absolute Gasteiger partial charge is 0.331 e. The molecule has 1 heterocycles. The highest BCUT2D eigenvalue weighted by Crippen LogP contribution is 2.35. The monoisotopic (exact) mass is 417 g/mol. The zero-order valence-corrected chi connectivity index (χ0v) is 16.9. The van der Waals surface area contributed by atoms with E-state index in [0.717, 1.165) is 4.57 Å². The molecule has 0 aliphatic heterocycles. The predicted octanol–water partition coefficient (Wildman–Crippen LogP) is 2.49. The molecule has 0 saturated carbocycles. The Morgan fingerprint density at radius 2 is 1.76 bits per heavy atom. The van der Waals surface area contributed by atoms with Crippen LogP contribution in [0.3, 0.4) is 0 Å². The number of rotatable bonds is 6. The number of amides is 1. The van der Waals surface area contributed by atoms with E-state index in [1.54, 1.807) is 31.2 Å². The Morgan fingerprint density at radius 3 is 2.41 bits per heavy atom. The van der Waals surface area contributed by atoms with E-state index < -0.39 is 23.7 Å². The number of hydrogen-bond donors (Lipinski definition) is 1. The zero-order chi connectivity index (χ0) is 21.1. The Kier molecular flexibility index (Phi) is 5.93. The molecular weight excluding hydrogens is 398 g/mol. The fraction of sp³-hybridized carbons (Fsp3) is 0.250. The average molecular weight is 418 g/mol. The number of para-hydroxylation sites is 1. The van der Waals surface area contributed by atoms with Crippen molar-refractivity contribution in [2.24, 2.45) is 0 Å². The van der Waals surface area contributed by atoms with Crippen molar-refractivity contribution in [1.29, 1.82) is 0 Å². The van der Waals surface area contributed by atoms with Gasteiger partial charge in [-0.05, 0) is 25.1 Å². The van der Waals surface area contributed by atoms with Crippen LogP contribution in [0.4, 0.5) is 5.69 Å². The molecule has 0 atom stereocenters. The first-order valence-electron chi connectivity index (χ1n) is 8.85. The lowest BCUT2D eigenvalue weighted by Gasteiger charge is -2.15. The normalized spacial score (nSPS) is 10.8. The lowest BCUT2D eigenvalue weighted by molar-refractivity contribution is -0.116. The van der Waals surface area contributed by atoms with Crippen molar-refractivity contribution in [2.75, 3.05) is 19.5 Å². The van der Waals surface area contributed by atoms with E-state index in [1.807, 2.05) is 0 Å².